The first kappa shape index (κ1) is 15.0. The first-order chi connectivity index (χ1) is 8.72. The predicted octanol–water partition coefficient (Wildman–Crippen LogP) is 2.82. The Labute approximate surface area is 113 Å². The average Bonchev–Trinajstić information content (AvgIpc) is 2.37. The number of methoxy groups -OCH3 is 1. The summed E-state index contributed by atoms with van der Waals surface area (Å²) in [6.45, 7) is 1.37. The van der Waals surface area contributed by atoms with Gasteiger partial charge in [0.2, 0.25) is 5.91 Å². The monoisotopic (exact) mass is 269 g/mol. The molecule has 0 radical (unpaired) electrons. The minimum Gasteiger partial charge on any atom is -0.385 e. The van der Waals surface area contributed by atoms with E-state index in [1.807, 2.05) is 24.3 Å². The molecular formula is C14H20ClNO2. The molecule has 1 aromatic rings. The van der Waals surface area contributed by atoms with Crippen molar-refractivity contribution in [2.24, 2.45) is 0 Å². The van der Waals surface area contributed by atoms with E-state index in [-0.39, 0.29) is 5.91 Å². The second-order valence-electron chi connectivity index (χ2n) is 4.18. The van der Waals surface area contributed by atoms with E-state index in [1.165, 1.54) is 5.56 Å². The fraction of sp³-hybridized carbons (Fsp3) is 0.500. The lowest BCUT2D eigenvalue weighted by Gasteiger charge is -2.05. The molecule has 0 saturated carbocycles. The highest BCUT2D eigenvalue weighted by Gasteiger charge is 2.01. The van der Waals surface area contributed by atoms with Crippen molar-refractivity contribution in [3.63, 3.8) is 0 Å². The fourth-order valence-corrected chi connectivity index (χ4v) is 1.76. The van der Waals surface area contributed by atoms with E-state index < -0.39 is 0 Å². The summed E-state index contributed by atoms with van der Waals surface area (Å²) in [5.41, 5.74) is 1.21. The van der Waals surface area contributed by atoms with Crippen LogP contribution in [0, 0.1) is 0 Å². The van der Waals surface area contributed by atoms with Gasteiger partial charge in [0.15, 0.2) is 0 Å². The largest absolute Gasteiger partial charge is 0.385 e. The molecular weight excluding hydrogens is 250 g/mol. The molecule has 0 aromatic heterocycles. The van der Waals surface area contributed by atoms with E-state index in [4.69, 9.17) is 16.3 Å². The first-order valence-electron chi connectivity index (χ1n) is 6.22. The Balaban J connectivity index is 2.10. The third kappa shape index (κ3) is 6.62. The average molecular weight is 270 g/mol. The topological polar surface area (TPSA) is 38.3 Å². The number of aryl methyl sites for hydroxylation is 1. The predicted molar refractivity (Wildman–Crippen MR) is 73.9 cm³/mol. The molecule has 1 aromatic carbocycles. The van der Waals surface area contributed by atoms with Gasteiger partial charge < -0.3 is 10.1 Å². The van der Waals surface area contributed by atoms with Crippen LogP contribution in [0.15, 0.2) is 24.3 Å². The van der Waals surface area contributed by atoms with Crippen LogP contribution < -0.4 is 5.32 Å². The van der Waals surface area contributed by atoms with Gasteiger partial charge in [0.1, 0.15) is 0 Å². The highest BCUT2D eigenvalue weighted by atomic mass is 35.5. The number of benzene rings is 1. The van der Waals surface area contributed by atoms with Gasteiger partial charge in [0, 0.05) is 31.7 Å². The SMILES string of the molecule is COCCCNC(=O)CCCc1ccc(Cl)cc1. The summed E-state index contributed by atoms with van der Waals surface area (Å²) in [4.78, 5) is 11.5. The Morgan fingerprint density at radius 2 is 2.00 bits per heavy atom. The Kier molecular flexibility index (Phi) is 7.46. The number of hydrogen-bond acceptors (Lipinski definition) is 2. The standard InChI is InChI=1S/C14H20ClNO2/c1-18-11-3-10-16-14(17)5-2-4-12-6-8-13(15)9-7-12/h6-9H,2-5,10-11H2,1H3,(H,16,17). The van der Waals surface area contributed by atoms with Crippen molar-refractivity contribution >= 4 is 17.5 Å². The second-order valence-corrected chi connectivity index (χ2v) is 4.61. The van der Waals surface area contributed by atoms with Crippen LogP contribution in [0.4, 0.5) is 0 Å². The van der Waals surface area contributed by atoms with E-state index in [9.17, 15) is 4.79 Å². The zero-order chi connectivity index (χ0) is 13.2. The van der Waals surface area contributed by atoms with Gasteiger partial charge in [-0.05, 0) is 37.0 Å². The third-order valence-corrected chi connectivity index (χ3v) is 2.88. The maximum Gasteiger partial charge on any atom is 0.220 e. The van der Waals surface area contributed by atoms with E-state index >= 15 is 0 Å². The van der Waals surface area contributed by atoms with Crippen LogP contribution in [0.2, 0.25) is 5.02 Å². The van der Waals surface area contributed by atoms with Crippen molar-refractivity contribution in [3.8, 4) is 0 Å². The van der Waals surface area contributed by atoms with Gasteiger partial charge in [-0.1, -0.05) is 23.7 Å². The Morgan fingerprint density at radius 3 is 2.67 bits per heavy atom. The van der Waals surface area contributed by atoms with Crippen molar-refractivity contribution in [2.75, 3.05) is 20.3 Å². The van der Waals surface area contributed by atoms with Crippen molar-refractivity contribution in [3.05, 3.63) is 34.9 Å². The summed E-state index contributed by atoms with van der Waals surface area (Å²) in [5, 5.41) is 3.62. The molecule has 0 bridgehead atoms. The number of rotatable bonds is 8. The van der Waals surface area contributed by atoms with Gasteiger partial charge in [-0.15, -0.1) is 0 Å². The molecule has 18 heavy (non-hydrogen) atoms. The highest BCUT2D eigenvalue weighted by Crippen LogP contribution is 2.11. The molecule has 0 spiro atoms. The summed E-state index contributed by atoms with van der Waals surface area (Å²) in [6.07, 6.45) is 3.19. The Bertz CT molecular complexity index is 351. The molecule has 0 aliphatic rings. The quantitative estimate of drug-likeness (QED) is 0.737. The number of carbonyl (C=O) groups excluding carboxylic acids is 1. The molecule has 1 N–H and O–H groups in total. The van der Waals surface area contributed by atoms with Crippen molar-refractivity contribution < 1.29 is 9.53 Å². The lowest BCUT2D eigenvalue weighted by Crippen LogP contribution is -2.24. The molecule has 1 amide bonds. The lowest BCUT2D eigenvalue weighted by atomic mass is 10.1. The van der Waals surface area contributed by atoms with Crippen LogP contribution in [0.5, 0.6) is 0 Å². The van der Waals surface area contributed by atoms with Crippen molar-refractivity contribution in [2.45, 2.75) is 25.7 Å². The summed E-state index contributed by atoms with van der Waals surface area (Å²) < 4.78 is 4.91. The molecule has 4 heteroatoms. The van der Waals surface area contributed by atoms with Crippen LogP contribution in [0.25, 0.3) is 0 Å². The van der Waals surface area contributed by atoms with Crippen LogP contribution in [-0.2, 0) is 16.0 Å². The lowest BCUT2D eigenvalue weighted by molar-refractivity contribution is -0.121. The normalized spacial score (nSPS) is 10.3. The van der Waals surface area contributed by atoms with Gasteiger partial charge in [-0.3, -0.25) is 4.79 Å². The molecule has 0 atom stereocenters. The summed E-state index contributed by atoms with van der Waals surface area (Å²) in [5.74, 6) is 0.111. The fourth-order valence-electron chi connectivity index (χ4n) is 1.64. The second kappa shape index (κ2) is 8.95. The van der Waals surface area contributed by atoms with E-state index in [1.54, 1.807) is 7.11 Å². The minimum absolute atomic E-state index is 0.111. The first-order valence-corrected chi connectivity index (χ1v) is 6.60. The smallest absolute Gasteiger partial charge is 0.220 e. The van der Waals surface area contributed by atoms with Crippen LogP contribution in [-0.4, -0.2) is 26.2 Å². The molecule has 1 rings (SSSR count). The van der Waals surface area contributed by atoms with Gasteiger partial charge in [0.05, 0.1) is 0 Å². The summed E-state index contributed by atoms with van der Waals surface area (Å²) in [7, 11) is 1.66. The van der Waals surface area contributed by atoms with Gasteiger partial charge in [-0.2, -0.15) is 0 Å². The molecule has 0 aliphatic heterocycles. The van der Waals surface area contributed by atoms with Crippen LogP contribution >= 0.6 is 11.6 Å². The van der Waals surface area contributed by atoms with E-state index in [0.29, 0.717) is 19.6 Å². The number of ether oxygens (including phenoxy) is 1. The molecule has 3 nitrogen and oxygen atoms in total. The minimum atomic E-state index is 0.111. The molecule has 0 aliphatic carbocycles. The molecule has 0 heterocycles. The number of hydrogen-bond donors (Lipinski definition) is 1. The third-order valence-electron chi connectivity index (χ3n) is 2.63. The van der Waals surface area contributed by atoms with Crippen molar-refractivity contribution in [1.82, 2.24) is 5.32 Å². The van der Waals surface area contributed by atoms with Gasteiger partial charge in [0.25, 0.3) is 0 Å². The van der Waals surface area contributed by atoms with Gasteiger partial charge >= 0.3 is 0 Å². The molecule has 0 unspecified atom stereocenters. The van der Waals surface area contributed by atoms with E-state index in [0.717, 1.165) is 24.3 Å². The summed E-state index contributed by atoms with van der Waals surface area (Å²) in [6, 6.07) is 7.75. The maximum atomic E-state index is 11.5. The number of nitrogens with one attached hydrogen (secondary N) is 1. The zero-order valence-corrected chi connectivity index (χ0v) is 11.5. The van der Waals surface area contributed by atoms with Crippen LogP contribution in [0.1, 0.15) is 24.8 Å². The van der Waals surface area contributed by atoms with Crippen LogP contribution in [0.3, 0.4) is 0 Å². The Hall–Kier alpha value is -1.06. The maximum absolute atomic E-state index is 11.5. The molecule has 100 valence electrons. The summed E-state index contributed by atoms with van der Waals surface area (Å²) >= 11 is 5.80. The van der Waals surface area contributed by atoms with Gasteiger partial charge in [-0.25, -0.2) is 0 Å². The van der Waals surface area contributed by atoms with Crippen molar-refractivity contribution in [1.29, 1.82) is 0 Å². The Morgan fingerprint density at radius 1 is 1.28 bits per heavy atom. The number of halogens is 1. The molecule has 0 fully saturated rings. The van der Waals surface area contributed by atoms with E-state index in [2.05, 4.69) is 5.32 Å². The number of carbonyl (C=O) groups is 1. The zero-order valence-electron chi connectivity index (χ0n) is 10.7. The highest BCUT2D eigenvalue weighted by molar-refractivity contribution is 6.30. The molecule has 0 saturated heterocycles. The number of amides is 1.